The second kappa shape index (κ2) is 5.76. The zero-order valence-corrected chi connectivity index (χ0v) is 9.75. The molecule has 82 valence electrons. The van der Waals surface area contributed by atoms with Crippen molar-refractivity contribution < 1.29 is 9.53 Å². The number of ether oxygens (including phenoxy) is 1. The zero-order chi connectivity index (χ0) is 11.3. The molecule has 0 saturated carbocycles. The van der Waals surface area contributed by atoms with Crippen molar-refractivity contribution in [3.05, 3.63) is 29.3 Å². The van der Waals surface area contributed by atoms with Gasteiger partial charge in [-0.2, -0.15) is 0 Å². The highest BCUT2D eigenvalue weighted by molar-refractivity contribution is 6.30. The lowest BCUT2D eigenvalue weighted by Gasteiger charge is -2.12. The monoisotopic (exact) mass is 226 g/mol. The largest absolute Gasteiger partial charge is 0.493 e. The Bertz CT molecular complexity index is 336. The molecule has 1 atom stereocenters. The van der Waals surface area contributed by atoms with E-state index in [1.807, 2.05) is 19.1 Å². The Balaban J connectivity index is 2.52. The number of rotatable bonds is 5. The summed E-state index contributed by atoms with van der Waals surface area (Å²) < 4.78 is 5.50. The average Bonchev–Trinajstić information content (AvgIpc) is 2.18. The van der Waals surface area contributed by atoms with Gasteiger partial charge in [0.1, 0.15) is 11.5 Å². The summed E-state index contributed by atoms with van der Waals surface area (Å²) in [5, 5.41) is 0.642. The lowest BCUT2D eigenvalue weighted by molar-refractivity contribution is -0.121. The van der Waals surface area contributed by atoms with Crippen LogP contribution in [0.1, 0.15) is 20.3 Å². The molecule has 3 heteroatoms. The highest BCUT2D eigenvalue weighted by Crippen LogP contribution is 2.18. The van der Waals surface area contributed by atoms with Gasteiger partial charge in [0.2, 0.25) is 0 Å². The topological polar surface area (TPSA) is 26.3 Å². The van der Waals surface area contributed by atoms with Gasteiger partial charge in [-0.1, -0.05) is 24.6 Å². The van der Waals surface area contributed by atoms with Crippen molar-refractivity contribution >= 4 is 17.4 Å². The van der Waals surface area contributed by atoms with E-state index in [1.165, 1.54) is 0 Å². The lowest BCUT2D eigenvalue weighted by atomic mass is 10.0. The Morgan fingerprint density at radius 2 is 2.27 bits per heavy atom. The van der Waals surface area contributed by atoms with Crippen LogP contribution in [-0.4, -0.2) is 12.4 Å². The molecule has 0 aromatic heterocycles. The normalized spacial score (nSPS) is 12.2. The number of carbonyl (C=O) groups excluding carboxylic acids is 1. The Hall–Kier alpha value is -1.02. The maximum absolute atomic E-state index is 11.2. The van der Waals surface area contributed by atoms with E-state index < -0.39 is 0 Å². The summed E-state index contributed by atoms with van der Waals surface area (Å²) in [4.78, 5) is 11.2. The molecule has 0 spiro atoms. The van der Waals surface area contributed by atoms with E-state index in [0.29, 0.717) is 17.4 Å². The quantitative estimate of drug-likeness (QED) is 0.770. The first-order valence-corrected chi connectivity index (χ1v) is 5.40. The summed E-state index contributed by atoms with van der Waals surface area (Å²) in [6, 6.07) is 7.19. The highest BCUT2D eigenvalue weighted by atomic mass is 35.5. The van der Waals surface area contributed by atoms with Crippen molar-refractivity contribution in [1.29, 1.82) is 0 Å². The third kappa shape index (κ3) is 3.92. The summed E-state index contributed by atoms with van der Waals surface area (Å²) in [5.74, 6) is 0.853. The fraction of sp³-hybridized carbons (Fsp3) is 0.417. The van der Waals surface area contributed by atoms with Gasteiger partial charge < -0.3 is 4.74 Å². The fourth-order valence-corrected chi connectivity index (χ4v) is 1.46. The maximum atomic E-state index is 11.2. The van der Waals surface area contributed by atoms with Crippen LogP contribution < -0.4 is 4.74 Å². The molecule has 0 bridgehead atoms. The van der Waals surface area contributed by atoms with Gasteiger partial charge in [0.15, 0.2) is 0 Å². The standard InChI is InChI=1S/C12H15ClO2/c1-3-10(9(2)14)8-15-12-6-4-5-11(13)7-12/h4-7,10H,3,8H2,1-2H3. The number of benzene rings is 1. The molecule has 1 unspecified atom stereocenters. The molecule has 0 aliphatic heterocycles. The van der Waals surface area contributed by atoms with Crippen molar-refractivity contribution in [3.8, 4) is 5.75 Å². The summed E-state index contributed by atoms with van der Waals surface area (Å²) in [5.41, 5.74) is 0. The predicted octanol–water partition coefficient (Wildman–Crippen LogP) is 3.33. The molecular weight excluding hydrogens is 212 g/mol. The molecular formula is C12H15ClO2. The fourth-order valence-electron chi connectivity index (χ4n) is 1.28. The van der Waals surface area contributed by atoms with E-state index in [9.17, 15) is 4.79 Å². The van der Waals surface area contributed by atoms with Gasteiger partial charge in [0.25, 0.3) is 0 Å². The van der Waals surface area contributed by atoms with E-state index >= 15 is 0 Å². The van der Waals surface area contributed by atoms with E-state index in [1.54, 1.807) is 19.1 Å². The minimum Gasteiger partial charge on any atom is -0.493 e. The number of hydrogen-bond acceptors (Lipinski definition) is 2. The van der Waals surface area contributed by atoms with Gasteiger partial charge in [-0.05, 0) is 31.5 Å². The van der Waals surface area contributed by atoms with Crippen LogP contribution in [0.2, 0.25) is 5.02 Å². The Morgan fingerprint density at radius 1 is 1.53 bits per heavy atom. The summed E-state index contributed by atoms with van der Waals surface area (Å²) in [6.45, 7) is 4.00. The first-order valence-electron chi connectivity index (χ1n) is 5.02. The number of halogens is 1. The summed E-state index contributed by atoms with van der Waals surface area (Å²) in [7, 11) is 0. The highest BCUT2D eigenvalue weighted by Gasteiger charge is 2.12. The third-order valence-electron chi connectivity index (χ3n) is 2.31. The number of hydrogen-bond donors (Lipinski definition) is 0. The van der Waals surface area contributed by atoms with E-state index in [0.717, 1.165) is 6.42 Å². The van der Waals surface area contributed by atoms with Crippen LogP contribution in [0.15, 0.2) is 24.3 Å². The van der Waals surface area contributed by atoms with Gasteiger partial charge >= 0.3 is 0 Å². The van der Waals surface area contributed by atoms with Crippen molar-refractivity contribution in [2.24, 2.45) is 5.92 Å². The van der Waals surface area contributed by atoms with Gasteiger partial charge in [0.05, 0.1) is 12.5 Å². The summed E-state index contributed by atoms with van der Waals surface area (Å²) >= 11 is 5.81. The summed E-state index contributed by atoms with van der Waals surface area (Å²) in [6.07, 6.45) is 0.801. The van der Waals surface area contributed by atoms with Crippen molar-refractivity contribution in [1.82, 2.24) is 0 Å². The smallest absolute Gasteiger partial charge is 0.136 e. The molecule has 0 amide bonds. The zero-order valence-electron chi connectivity index (χ0n) is 9.00. The lowest BCUT2D eigenvalue weighted by Crippen LogP contribution is -2.18. The van der Waals surface area contributed by atoms with Crippen LogP contribution in [0.25, 0.3) is 0 Å². The van der Waals surface area contributed by atoms with Crippen LogP contribution >= 0.6 is 11.6 Å². The van der Waals surface area contributed by atoms with Crippen molar-refractivity contribution in [3.63, 3.8) is 0 Å². The molecule has 1 rings (SSSR count). The molecule has 2 nitrogen and oxygen atoms in total. The Morgan fingerprint density at radius 3 is 2.80 bits per heavy atom. The molecule has 0 saturated heterocycles. The van der Waals surface area contributed by atoms with E-state index in [2.05, 4.69) is 0 Å². The van der Waals surface area contributed by atoms with Gasteiger partial charge in [0, 0.05) is 5.02 Å². The van der Waals surface area contributed by atoms with Crippen LogP contribution in [0.4, 0.5) is 0 Å². The molecule has 0 N–H and O–H groups in total. The average molecular weight is 227 g/mol. The first-order chi connectivity index (χ1) is 7.13. The molecule has 0 heterocycles. The Labute approximate surface area is 95.2 Å². The van der Waals surface area contributed by atoms with Crippen molar-refractivity contribution in [2.75, 3.05) is 6.61 Å². The second-order valence-electron chi connectivity index (χ2n) is 3.48. The third-order valence-corrected chi connectivity index (χ3v) is 2.55. The van der Waals surface area contributed by atoms with E-state index in [4.69, 9.17) is 16.3 Å². The number of Topliss-reactive ketones (excluding diaryl/α,β-unsaturated/α-hetero) is 1. The second-order valence-corrected chi connectivity index (χ2v) is 3.92. The minimum absolute atomic E-state index is 0.0241. The minimum atomic E-state index is -0.0241. The first kappa shape index (κ1) is 12.1. The predicted molar refractivity (Wildman–Crippen MR) is 61.4 cm³/mol. The SMILES string of the molecule is CCC(COc1cccc(Cl)c1)C(C)=O. The molecule has 1 aromatic carbocycles. The van der Waals surface area contributed by atoms with Crippen LogP contribution in [0.3, 0.4) is 0 Å². The molecule has 0 aliphatic carbocycles. The molecule has 0 radical (unpaired) electrons. The maximum Gasteiger partial charge on any atom is 0.136 e. The number of carbonyl (C=O) groups is 1. The Kier molecular flexibility index (Phi) is 4.63. The van der Waals surface area contributed by atoms with Gasteiger partial charge in [-0.15, -0.1) is 0 Å². The van der Waals surface area contributed by atoms with Gasteiger partial charge in [-0.25, -0.2) is 0 Å². The van der Waals surface area contributed by atoms with E-state index in [-0.39, 0.29) is 11.7 Å². The number of ketones is 1. The molecule has 15 heavy (non-hydrogen) atoms. The molecule has 0 aliphatic rings. The van der Waals surface area contributed by atoms with Crippen LogP contribution in [0.5, 0.6) is 5.75 Å². The van der Waals surface area contributed by atoms with Crippen LogP contribution in [-0.2, 0) is 4.79 Å². The molecule has 1 aromatic rings. The van der Waals surface area contributed by atoms with Crippen molar-refractivity contribution in [2.45, 2.75) is 20.3 Å². The molecule has 0 fully saturated rings. The van der Waals surface area contributed by atoms with Crippen LogP contribution in [0, 0.1) is 5.92 Å². The van der Waals surface area contributed by atoms with Gasteiger partial charge in [-0.3, -0.25) is 4.79 Å².